The molecule has 0 aliphatic carbocycles. The highest BCUT2D eigenvalue weighted by molar-refractivity contribution is 9.10. The van der Waals surface area contributed by atoms with Crippen LogP contribution in [0, 0.1) is 6.92 Å². The number of pyridine rings is 1. The molecule has 3 nitrogen and oxygen atoms in total. The van der Waals surface area contributed by atoms with Gasteiger partial charge in [-0.3, -0.25) is 4.98 Å². The van der Waals surface area contributed by atoms with Crippen molar-refractivity contribution in [3.8, 4) is 0 Å². The molecule has 0 aromatic carbocycles. The lowest BCUT2D eigenvalue weighted by molar-refractivity contribution is 0.530. The molecule has 1 unspecified atom stereocenters. The Morgan fingerprint density at radius 2 is 2.25 bits per heavy atom. The number of nitrogens with one attached hydrogen (secondary N) is 1. The van der Waals surface area contributed by atoms with E-state index in [0.29, 0.717) is 0 Å². The van der Waals surface area contributed by atoms with Crippen LogP contribution < -0.4 is 5.32 Å². The number of nitrogens with zero attached hydrogens (tertiary/aromatic N) is 1. The van der Waals surface area contributed by atoms with Crippen molar-refractivity contribution in [2.45, 2.75) is 13.0 Å². The van der Waals surface area contributed by atoms with Gasteiger partial charge in [0.1, 0.15) is 0 Å². The van der Waals surface area contributed by atoms with Crippen molar-refractivity contribution < 1.29 is 4.42 Å². The predicted octanol–water partition coefficient (Wildman–Crippen LogP) is 3.05. The maximum absolute atomic E-state index is 5.26. The Hall–Kier alpha value is -1.13. The molecule has 2 aromatic heterocycles. The van der Waals surface area contributed by atoms with Crippen LogP contribution in [0.2, 0.25) is 0 Å². The van der Waals surface area contributed by atoms with Gasteiger partial charge in [0.2, 0.25) is 0 Å². The van der Waals surface area contributed by atoms with Crippen LogP contribution >= 0.6 is 15.9 Å². The number of furan rings is 1. The summed E-state index contributed by atoms with van der Waals surface area (Å²) in [5, 5.41) is 3.26. The molecule has 84 valence electrons. The van der Waals surface area contributed by atoms with Crippen molar-refractivity contribution in [1.82, 2.24) is 10.3 Å². The van der Waals surface area contributed by atoms with Crippen molar-refractivity contribution in [1.29, 1.82) is 0 Å². The Bertz CT molecular complexity index is 481. The van der Waals surface area contributed by atoms with E-state index in [1.54, 1.807) is 6.26 Å². The Balaban J connectivity index is 2.40. The number of aryl methyl sites for hydroxylation is 1. The van der Waals surface area contributed by atoms with E-state index < -0.39 is 0 Å². The summed E-state index contributed by atoms with van der Waals surface area (Å²) in [5.74, 6) is 0. The van der Waals surface area contributed by atoms with Crippen molar-refractivity contribution >= 4 is 15.9 Å². The van der Waals surface area contributed by atoms with Crippen LogP contribution in [0.5, 0.6) is 0 Å². The van der Waals surface area contributed by atoms with E-state index in [4.69, 9.17) is 4.42 Å². The minimum Gasteiger partial charge on any atom is -0.457 e. The third-order valence-electron chi connectivity index (χ3n) is 2.48. The fourth-order valence-electron chi connectivity index (χ4n) is 1.75. The molecule has 0 amide bonds. The molecule has 0 saturated carbocycles. The minimum atomic E-state index is 0.0977. The van der Waals surface area contributed by atoms with Crippen molar-refractivity contribution in [2.24, 2.45) is 0 Å². The molecule has 0 saturated heterocycles. The second-order valence-electron chi connectivity index (χ2n) is 3.67. The Labute approximate surface area is 103 Å². The number of hydrogen-bond donors (Lipinski definition) is 1. The highest BCUT2D eigenvalue weighted by Gasteiger charge is 2.17. The lowest BCUT2D eigenvalue weighted by Crippen LogP contribution is -2.17. The van der Waals surface area contributed by atoms with E-state index in [1.165, 1.54) is 0 Å². The summed E-state index contributed by atoms with van der Waals surface area (Å²) < 4.78 is 6.01. The van der Waals surface area contributed by atoms with Gasteiger partial charge in [-0.2, -0.15) is 0 Å². The zero-order valence-electron chi connectivity index (χ0n) is 9.20. The average molecular weight is 281 g/mol. The molecule has 0 spiro atoms. The number of halogens is 1. The van der Waals surface area contributed by atoms with Crippen LogP contribution in [-0.2, 0) is 0 Å². The van der Waals surface area contributed by atoms with Crippen LogP contribution in [0.25, 0.3) is 0 Å². The average Bonchev–Trinajstić information content (AvgIpc) is 2.67. The third-order valence-corrected chi connectivity index (χ3v) is 3.12. The summed E-state index contributed by atoms with van der Waals surface area (Å²) in [4.78, 5) is 4.21. The van der Waals surface area contributed by atoms with E-state index >= 15 is 0 Å². The van der Waals surface area contributed by atoms with Gasteiger partial charge < -0.3 is 9.73 Å². The van der Waals surface area contributed by atoms with E-state index in [9.17, 15) is 0 Å². The molecule has 1 atom stereocenters. The molecule has 16 heavy (non-hydrogen) atoms. The summed E-state index contributed by atoms with van der Waals surface area (Å²) >= 11 is 3.40. The molecule has 2 heterocycles. The van der Waals surface area contributed by atoms with E-state index in [1.807, 2.05) is 32.4 Å². The first-order valence-electron chi connectivity index (χ1n) is 5.04. The first-order chi connectivity index (χ1) is 7.72. The largest absolute Gasteiger partial charge is 0.457 e. The van der Waals surface area contributed by atoms with Crippen molar-refractivity contribution in [3.63, 3.8) is 0 Å². The number of hydrogen-bond acceptors (Lipinski definition) is 3. The molecule has 2 aromatic rings. The molecular weight excluding hydrogens is 268 g/mol. The minimum absolute atomic E-state index is 0.0977. The lowest BCUT2D eigenvalue weighted by Gasteiger charge is -2.15. The molecule has 0 fully saturated rings. The number of rotatable bonds is 3. The van der Waals surface area contributed by atoms with Gasteiger partial charge >= 0.3 is 0 Å². The van der Waals surface area contributed by atoms with Crippen LogP contribution in [0.15, 0.2) is 39.9 Å². The fraction of sp³-hybridized carbons (Fsp3) is 0.250. The molecule has 0 radical (unpaired) electrons. The number of aromatic nitrogens is 1. The lowest BCUT2D eigenvalue weighted by atomic mass is 10.0. The SMILES string of the molecule is CNC(c1cncc(C)c1)c1ccoc1Br. The van der Waals surface area contributed by atoms with Crippen LogP contribution in [-0.4, -0.2) is 12.0 Å². The van der Waals surface area contributed by atoms with Crippen molar-refractivity contribution in [2.75, 3.05) is 7.05 Å². The zero-order valence-corrected chi connectivity index (χ0v) is 10.8. The maximum atomic E-state index is 5.26. The van der Waals surface area contributed by atoms with Crippen LogP contribution in [0.1, 0.15) is 22.7 Å². The summed E-state index contributed by atoms with van der Waals surface area (Å²) in [6.45, 7) is 2.04. The van der Waals surface area contributed by atoms with E-state index in [0.717, 1.165) is 21.4 Å². The monoisotopic (exact) mass is 280 g/mol. The van der Waals surface area contributed by atoms with Gasteiger partial charge in [-0.05, 0) is 47.1 Å². The summed E-state index contributed by atoms with van der Waals surface area (Å²) in [6.07, 6.45) is 5.39. The molecule has 0 aliphatic rings. The quantitative estimate of drug-likeness (QED) is 0.939. The van der Waals surface area contributed by atoms with Gasteiger partial charge in [-0.1, -0.05) is 6.07 Å². The molecule has 0 bridgehead atoms. The highest BCUT2D eigenvalue weighted by Crippen LogP contribution is 2.29. The summed E-state index contributed by atoms with van der Waals surface area (Å²) in [5.41, 5.74) is 3.36. The Morgan fingerprint density at radius 3 is 2.81 bits per heavy atom. The first-order valence-corrected chi connectivity index (χ1v) is 5.83. The smallest absolute Gasteiger partial charge is 0.174 e. The van der Waals surface area contributed by atoms with E-state index in [-0.39, 0.29) is 6.04 Å². The van der Waals surface area contributed by atoms with Gasteiger partial charge in [0.05, 0.1) is 12.3 Å². The highest BCUT2D eigenvalue weighted by atomic mass is 79.9. The normalized spacial score (nSPS) is 12.7. The fourth-order valence-corrected chi connectivity index (χ4v) is 2.22. The Kier molecular flexibility index (Phi) is 3.41. The van der Waals surface area contributed by atoms with Crippen LogP contribution in [0.3, 0.4) is 0 Å². The first kappa shape index (κ1) is 11.4. The van der Waals surface area contributed by atoms with Crippen molar-refractivity contribution in [3.05, 3.63) is 52.1 Å². The molecule has 1 N–H and O–H groups in total. The maximum Gasteiger partial charge on any atom is 0.174 e. The Morgan fingerprint density at radius 1 is 1.44 bits per heavy atom. The second kappa shape index (κ2) is 4.80. The topological polar surface area (TPSA) is 38.1 Å². The summed E-state index contributed by atoms with van der Waals surface area (Å²) in [7, 11) is 1.92. The molecular formula is C12H13BrN2O. The van der Waals surface area contributed by atoms with E-state index in [2.05, 4.69) is 32.3 Å². The van der Waals surface area contributed by atoms with Gasteiger partial charge in [-0.15, -0.1) is 0 Å². The third kappa shape index (κ3) is 2.18. The van der Waals surface area contributed by atoms with Gasteiger partial charge in [0.25, 0.3) is 0 Å². The standard InChI is InChI=1S/C12H13BrN2O/c1-8-5-9(7-15-6-8)11(14-2)10-3-4-16-12(10)13/h3-7,11,14H,1-2H3. The molecule has 4 heteroatoms. The van der Waals surface area contributed by atoms with Gasteiger partial charge in [-0.25, -0.2) is 0 Å². The zero-order chi connectivity index (χ0) is 11.5. The van der Waals surface area contributed by atoms with Gasteiger partial charge in [0, 0.05) is 18.0 Å². The summed E-state index contributed by atoms with van der Waals surface area (Å²) in [6, 6.07) is 4.17. The van der Waals surface area contributed by atoms with Crippen LogP contribution in [0.4, 0.5) is 0 Å². The predicted molar refractivity (Wildman–Crippen MR) is 66.3 cm³/mol. The molecule has 2 rings (SSSR count). The molecule has 0 aliphatic heterocycles. The van der Waals surface area contributed by atoms with Gasteiger partial charge in [0.15, 0.2) is 4.67 Å². The second-order valence-corrected chi connectivity index (χ2v) is 4.39.